The third-order valence-corrected chi connectivity index (χ3v) is 4.60. The lowest BCUT2D eigenvalue weighted by molar-refractivity contribution is 0.0502. The number of pyridine rings is 1. The fourth-order valence-corrected chi connectivity index (χ4v) is 3.32. The summed E-state index contributed by atoms with van der Waals surface area (Å²) in [4.78, 5) is 17.1. The molecule has 1 aromatic heterocycles. The van der Waals surface area contributed by atoms with Crippen LogP contribution in [0.1, 0.15) is 63.2 Å². The van der Waals surface area contributed by atoms with Gasteiger partial charge in [-0.05, 0) is 105 Å². The largest absolute Gasteiger partial charge is 0.444 e. The van der Waals surface area contributed by atoms with E-state index in [0.717, 1.165) is 5.56 Å². The molecule has 1 heterocycles. The minimum atomic E-state index is -1.16. The number of rotatable bonds is 4. The number of hydrogen-bond acceptors (Lipinski definition) is 4. The first kappa shape index (κ1) is 24.8. The van der Waals surface area contributed by atoms with Crippen LogP contribution in [-0.2, 0) is 11.2 Å². The van der Waals surface area contributed by atoms with Crippen molar-refractivity contribution >= 4 is 22.0 Å². The molecule has 31 heavy (non-hydrogen) atoms. The summed E-state index contributed by atoms with van der Waals surface area (Å²) in [5.41, 5.74) is 0.613. The zero-order valence-corrected chi connectivity index (χ0v) is 20.2. The molecular formula is C24H28BrFN2O3. The third-order valence-electron chi connectivity index (χ3n) is 3.93. The van der Waals surface area contributed by atoms with Gasteiger partial charge in [0.15, 0.2) is 0 Å². The van der Waals surface area contributed by atoms with Crippen LogP contribution in [0.15, 0.2) is 34.8 Å². The first-order valence-electron chi connectivity index (χ1n) is 9.89. The Labute approximate surface area is 191 Å². The number of carbonyl (C=O) groups is 1. The first-order chi connectivity index (χ1) is 14.2. The molecule has 2 aromatic rings. The molecule has 166 valence electrons. The van der Waals surface area contributed by atoms with Crippen molar-refractivity contribution in [3.8, 4) is 11.8 Å². The van der Waals surface area contributed by atoms with E-state index in [1.165, 1.54) is 12.1 Å². The van der Waals surface area contributed by atoms with Crippen LogP contribution in [0.5, 0.6) is 0 Å². The Morgan fingerprint density at radius 3 is 2.52 bits per heavy atom. The Balaban J connectivity index is 2.45. The molecule has 0 aliphatic carbocycles. The van der Waals surface area contributed by atoms with Crippen LogP contribution in [0.3, 0.4) is 0 Å². The standard InChI is InChI=1S/C24H28BrFN2O3/c1-15-11-16(13-17(26)12-15)14-20(28-22(29)31-23(2,3)4)21-19(25)8-7-18(27-21)9-10-24(5,6)30/h7-8,11-13,20,30H,14H2,1-6H3,(H,28,29)/t20-/m0/s1. The SMILES string of the molecule is Cc1cc(F)cc(C[C@H](NC(=O)OC(C)(C)C)c2nc(C#CC(C)(C)O)ccc2Br)c1. The van der Waals surface area contributed by atoms with Gasteiger partial charge in [-0.3, -0.25) is 0 Å². The van der Waals surface area contributed by atoms with Gasteiger partial charge >= 0.3 is 6.09 Å². The Hall–Kier alpha value is -2.43. The second-order valence-electron chi connectivity index (χ2n) is 8.91. The molecule has 2 rings (SSSR count). The van der Waals surface area contributed by atoms with E-state index in [0.29, 0.717) is 27.8 Å². The van der Waals surface area contributed by atoms with Crippen LogP contribution in [-0.4, -0.2) is 27.4 Å². The molecule has 7 heteroatoms. The van der Waals surface area contributed by atoms with Crippen LogP contribution < -0.4 is 5.32 Å². The van der Waals surface area contributed by atoms with Crippen molar-refractivity contribution in [2.24, 2.45) is 0 Å². The number of benzene rings is 1. The second kappa shape index (κ2) is 9.80. The van der Waals surface area contributed by atoms with E-state index in [9.17, 15) is 14.3 Å². The third kappa shape index (κ3) is 8.68. The van der Waals surface area contributed by atoms with E-state index < -0.39 is 23.3 Å². The molecule has 0 aliphatic rings. The van der Waals surface area contributed by atoms with Crippen LogP contribution in [0.4, 0.5) is 9.18 Å². The molecule has 0 unspecified atom stereocenters. The van der Waals surface area contributed by atoms with E-state index >= 15 is 0 Å². The van der Waals surface area contributed by atoms with E-state index in [4.69, 9.17) is 4.74 Å². The van der Waals surface area contributed by atoms with Gasteiger partial charge < -0.3 is 15.2 Å². The summed E-state index contributed by atoms with van der Waals surface area (Å²) in [6.07, 6.45) is -0.307. The number of amides is 1. The van der Waals surface area contributed by atoms with Crippen LogP contribution in [0, 0.1) is 24.6 Å². The Kier molecular flexibility index (Phi) is 7.85. The van der Waals surface area contributed by atoms with Crippen molar-refractivity contribution in [3.63, 3.8) is 0 Å². The van der Waals surface area contributed by atoms with Gasteiger partial charge in [0.05, 0.1) is 11.7 Å². The lowest BCUT2D eigenvalue weighted by Crippen LogP contribution is -2.36. The van der Waals surface area contributed by atoms with Gasteiger partial charge in [0.1, 0.15) is 22.7 Å². The lowest BCUT2D eigenvalue weighted by Gasteiger charge is -2.24. The Morgan fingerprint density at radius 1 is 1.26 bits per heavy atom. The molecule has 0 radical (unpaired) electrons. The molecule has 1 amide bonds. The van der Waals surface area contributed by atoms with Crippen molar-refractivity contribution in [1.82, 2.24) is 10.3 Å². The number of ether oxygens (including phenoxy) is 1. The minimum Gasteiger partial charge on any atom is -0.444 e. The van der Waals surface area contributed by atoms with Crippen molar-refractivity contribution in [1.29, 1.82) is 0 Å². The summed E-state index contributed by atoms with van der Waals surface area (Å²) >= 11 is 3.49. The number of carbonyl (C=O) groups excluding carboxylic acids is 1. The maximum absolute atomic E-state index is 13.9. The second-order valence-corrected chi connectivity index (χ2v) is 9.77. The minimum absolute atomic E-state index is 0.297. The molecule has 1 aromatic carbocycles. The average Bonchev–Trinajstić information content (AvgIpc) is 2.57. The highest BCUT2D eigenvalue weighted by Crippen LogP contribution is 2.26. The Morgan fingerprint density at radius 2 is 1.94 bits per heavy atom. The molecule has 0 saturated heterocycles. The summed E-state index contributed by atoms with van der Waals surface area (Å²) < 4.78 is 20.0. The number of nitrogens with zero attached hydrogens (tertiary/aromatic N) is 1. The molecule has 5 nitrogen and oxygen atoms in total. The van der Waals surface area contributed by atoms with Gasteiger partial charge in [-0.2, -0.15) is 0 Å². The van der Waals surface area contributed by atoms with Gasteiger partial charge in [0.25, 0.3) is 0 Å². The topological polar surface area (TPSA) is 71.5 Å². The summed E-state index contributed by atoms with van der Waals surface area (Å²) in [5, 5.41) is 12.7. The number of halogens is 2. The summed E-state index contributed by atoms with van der Waals surface area (Å²) in [7, 11) is 0. The Bertz CT molecular complexity index is 994. The number of nitrogens with one attached hydrogen (secondary N) is 1. The molecular weight excluding hydrogens is 463 g/mol. The summed E-state index contributed by atoms with van der Waals surface area (Å²) in [6.45, 7) is 10.3. The van der Waals surface area contributed by atoms with E-state index in [-0.39, 0.29) is 5.82 Å². The highest BCUT2D eigenvalue weighted by atomic mass is 79.9. The number of alkyl carbamates (subject to hydrolysis) is 1. The van der Waals surface area contributed by atoms with E-state index in [2.05, 4.69) is 38.1 Å². The average molecular weight is 491 g/mol. The first-order valence-corrected chi connectivity index (χ1v) is 10.7. The van der Waals surface area contributed by atoms with Crippen LogP contribution in [0.2, 0.25) is 0 Å². The number of aliphatic hydroxyl groups is 1. The smallest absolute Gasteiger partial charge is 0.408 e. The lowest BCUT2D eigenvalue weighted by atomic mass is 10.0. The molecule has 0 bridgehead atoms. The fourth-order valence-electron chi connectivity index (χ4n) is 2.82. The van der Waals surface area contributed by atoms with E-state index in [1.807, 2.05) is 13.0 Å². The van der Waals surface area contributed by atoms with Crippen LogP contribution in [0.25, 0.3) is 0 Å². The van der Waals surface area contributed by atoms with Crippen molar-refractivity contribution < 1.29 is 19.0 Å². The van der Waals surface area contributed by atoms with Crippen LogP contribution >= 0.6 is 15.9 Å². The molecule has 2 N–H and O–H groups in total. The maximum atomic E-state index is 13.9. The quantitative estimate of drug-likeness (QED) is 0.576. The van der Waals surface area contributed by atoms with Gasteiger partial charge in [0.2, 0.25) is 0 Å². The zero-order valence-electron chi connectivity index (χ0n) is 18.6. The van der Waals surface area contributed by atoms with Gasteiger partial charge in [0, 0.05) is 4.47 Å². The zero-order chi connectivity index (χ0) is 23.4. The number of hydrogen-bond donors (Lipinski definition) is 2. The number of aromatic nitrogens is 1. The van der Waals surface area contributed by atoms with Crippen molar-refractivity contribution in [3.05, 3.63) is 63.1 Å². The predicted molar refractivity (Wildman–Crippen MR) is 122 cm³/mol. The van der Waals surface area contributed by atoms with Crippen molar-refractivity contribution in [2.45, 2.75) is 65.2 Å². The van der Waals surface area contributed by atoms with Gasteiger partial charge in [-0.15, -0.1) is 0 Å². The van der Waals surface area contributed by atoms with E-state index in [1.54, 1.807) is 46.8 Å². The molecule has 0 saturated carbocycles. The molecule has 1 atom stereocenters. The molecule has 0 fully saturated rings. The van der Waals surface area contributed by atoms with Crippen molar-refractivity contribution in [2.75, 3.05) is 0 Å². The summed E-state index contributed by atoms with van der Waals surface area (Å²) in [6, 6.07) is 7.62. The monoisotopic (exact) mass is 490 g/mol. The highest BCUT2D eigenvalue weighted by Gasteiger charge is 2.24. The molecule has 0 aliphatic heterocycles. The van der Waals surface area contributed by atoms with Gasteiger partial charge in [-0.25, -0.2) is 14.2 Å². The molecule has 0 spiro atoms. The van der Waals surface area contributed by atoms with Gasteiger partial charge in [-0.1, -0.05) is 12.0 Å². The highest BCUT2D eigenvalue weighted by molar-refractivity contribution is 9.10. The maximum Gasteiger partial charge on any atom is 0.408 e. The normalized spacial score (nSPS) is 12.5. The fraction of sp³-hybridized carbons (Fsp3) is 0.417. The number of aryl methyl sites for hydroxylation is 1. The predicted octanol–water partition coefficient (Wildman–Crippen LogP) is 5.22. The summed E-state index contributed by atoms with van der Waals surface area (Å²) in [5.74, 6) is 5.23.